The molecule has 0 spiro atoms. The molecule has 1 aliphatic heterocycles. The second kappa shape index (κ2) is 7.51. The highest BCUT2D eigenvalue weighted by Gasteiger charge is 2.31. The Kier molecular flexibility index (Phi) is 5.16. The van der Waals surface area contributed by atoms with E-state index in [9.17, 15) is 4.79 Å². The number of hydrogen-bond acceptors (Lipinski definition) is 5. The Balaban J connectivity index is 1.78. The fourth-order valence-corrected chi connectivity index (χ4v) is 3.32. The van der Waals surface area contributed by atoms with Crippen molar-refractivity contribution in [2.75, 3.05) is 26.0 Å². The standard InChI is InChI=1S/C19H24N4O2/c1-13-21-16(12-18(20-2)22-13)17-8-5-9-23(17)19(24)11-14-6-4-7-15(10-14)25-3/h4,6-7,10,12,17H,5,8-9,11H2,1-3H3,(H,20,21,22)/t17-/m1/s1. The molecule has 1 aliphatic rings. The van der Waals surface area contributed by atoms with Crippen molar-refractivity contribution in [1.82, 2.24) is 14.9 Å². The lowest BCUT2D eigenvalue weighted by atomic mass is 10.1. The van der Waals surface area contributed by atoms with Crippen molar-refractivity contribution >= 4 is 11.7 Å². The highest BCUT2D eigenvalue weighted by atomic mass is 16.5. The number of benzene rings is 1. The molecule has 6 heteroatoms. The average Bonchev–Trinajstić information content (AvgIpc) is 3.11. The van der Waals surface area contributed by atoms with Crippen LogP contribution in [0, 0.1) is 6.92 Å². The Morgan fingerprint density at radius 1 is 1.36 bits per heavy atom. The normalized spacial score (nSPS) is 16.8. The van der Waals surface area contributed by atoms with Gasteiger partial charge in [-0.15, -0.1) is 0 Å². The number of nitrogens with zero attached hydrogens (tertiary/aromatic N) is 3. The number of anilines is 1. The first-order chi connectivity index (χ1) is 12.1. The monoisotopic (exact) mass is 340 g/mol. The van der Waals surface area contributed by atoms with Crippen LogP contribution in [0.25, 0.3) is 0 Å². The van der Waals surface area contributed by atoms with Crippen LogP contribution in [0.15, 0.2) is 30.3 Å². The summed E-state index contributed by atoms with van der Waals surface area (Å²) in [4.78, 5) is 23.7. The Labute approximate surface area is 148 Å². The molecule has 1 aromatic heterocycles. The summed E-state index contributed by atoms with van der Waals surface area (Å²) in [5.41, 5.74) is 1.87. The molecule has 0 radical (unpaired) electrons. The summed E-state index contributed by atoms with van der Waals surface area (Å²) in [5, 5.41) is 3.06. The van der Waals surface area contributed by atoms with Gasteiger partial charge in [0.25, 0.3) is 0 Å². The fraction of sp³-hybridized carbons (Fsp3) is 0.421. The minimum Gasteiger partial charge on any atom is -0.497 e. The van der Waals surface area contributed by atoms with Crippen LogP contribution in [0.1, 0.15) is 36.0 Å². The summed E-state index contributed by atoms with van der Waals surface area (Å²) in [6.07, 6.45) is 2.30. The number of hydrogen-bond donors (Lipinski definition) is 1. The predicted octanol–water partition coefficient (Wildman–Crippen LogP) is 2.74. The molecule has 132 valence electrons. The number of nitrogens with one attached hydrogen (secondary N) is 1. The van der Waals surface area contributed by atoms with Gasteiger partial charge in [0.2, 0.25) is 5.91 Å². The summed E-state index contributed by atoms with van der Waals surface area (Å²) in [7, 11) is 3.47. The highest BCUT2D eigenvalue weighted by molar-refractivity contribution is 5.79. The van der Waals surface area contributed by atoms with Crippen molar-refractivity contribution < 1.29 is 9.53 Å². The molecule has 2 aromatic rings. The molecule has 1 aromatic carbocycles. The van der Waals surface area contributed by atoms with Gasteiger partial charge in [0.05, 0.1) is 25.3 Å². The van der Waals surface area contributed by atoms with Gasteiger partial charge in [-0.1, -0.05) is 12.1 Å². The second-order valence-corrected chi connectivity index (χ2v) is 6.25. The van der Waals surface area contributed by atoms with Gasteiger partial charge in [0.1, 0.15) is 17.4 Å². The number of methoxy groups -OCH3 is 1. The third-order valence-electron chi connectivity index (χ3n) is 4.52. The molecule has 1 amide bonds. The first-order valence-corrected chi connectivity index (χ1v) is 8.56. The van der Waals surface area contributed by atoms with Crippen LogP contribution in [0.5, 0.6) is 5.75 Å². The van der Waals surface area contributed by atoms with Gasteiger partial charge in [0.15, 0.2) is 0 Å². The lowest BCUT2D eigenvalue weighted by molar-refractivity contribution is -0.131. The molecule has 3 rings (SSSR count). The quantitative estimate of drug-likeness (QED) is 0.906. The summed E-state index contributed by atoms with van der Waals surface area (Å²) in [5.74, 6) is 2.40. The van der Waals surface area contributed by atoms with Gasteiger partial charge in [-0.05, 0) is 37.5 Å². The summed E-state index contributed by atoms with van der Waals surface area (Å²) >= 11 is 0. The third-order valence-corrected chi connectivity index (χ3v) is 4.52. The number of carbonyl (C=O) groups excluding carboxylic acids is 1. The number of amides is 1. The Bertz CT molecular complexity index is 763. The smallest absolute Gasteiger partial charge is 0.227 e. The highest BCUT2D eigenvalue weighted by Crippen LogP contribution is 2.32. The van der Waals surface area contributed by atoms with Gasteiger partial charge in [-0.3, -0.25) is 4.79 Å². The number of carbonyl (C=O) groups is 1. The van der Waals surface area contributed by atoms with Crippen molar-refractivity contribution in [3.63, 3.8) is 0 Å². The van der Waals surface area contributed by atoms with E-state index in [1.807, 2.05) is 49.2 Å². The first-order valence-electron chi connectivity index (χ1n) is 8.56. The number of aryl methyl sites for hydroxylation is 1. The van der Waals surface area contributed by atoms with Crippen molar-refractivity contribution in [1.29, 1.82) is 0 Å². The van der Waals surface area contributed by atoms with Gasteiger partial charge < -0.3 is 15.0 Å². The van der Waals surface area contributed by atoms with Crippen molar-refractivity contribution in [3.8, 4) is 5.75 Å². The van der Waals surface area contributed by atoms with Crippen LogP contribution in [-0.2, 0) is 11.2 Å². The minimum atomic E-state index is 0.0203. The van der Waals surface area contributed by atoms with E-state index < -0.39 is 0 Å². The van der Waals surface area contributed by atoms with E-state index in [-0.39, 0.29) is 11.9 Å². The summed E-state index contributed by atoms with van der Waals surface area (Å²) < 4.78 is 5.24. The van der Waals surface area contributed by atoms with Crippen LogP contribution in [0.3, 0.4) is 0 Å². The van der Waals surface area contributed by atoms with E-state index in [1.165, 1.54) is 0 Å². The van der Waals surface area contributed by atoms with E-state index in [1.54, 1.807) is 7.11 Å². The molecule has 0 aliphatic carbocycles. The molecule has 1 atom stereocenters. The lowest BCUT2D eigenvalue weighted by Crippen LogP contribution is -2.32. The van der Waals surface area contributed by atoms with E-state index in [4.69, 9.17) is 4.74 Å². The maximum Gasteiger partial charge on any atom is 0.227 e. The van der Waals surface area contributed by atoms with Crippen molar-refractivity contribution in [3.05, 3.63) is 47.4 Å². The molecular formula is C19H24N4O2. The maximum atomic E-state index is 12.9. The maximum absolute atomic E-state index is 12.9. The Morgan fingerprint density at radius 3 is 2.96 bits per heavy atom. The molecule has 0 bridgehead atoms. The molecule has 2 heterocycles. The molecule has 0 unspecified atom stereocenters. The number of likely N-dealkylation sites (tertiary alicyclic amines) is 1. The SMILES string of the molecule is CNc1cc([C@H]2CCCN2C(=O)Cc2cccc(OC)c2)nc(C)n1. The molecule has 1 fully saturated rings. The topological polar surface area (TPSA) is 67.4 Å². The zero-order valence-electron chi connectivity index (χ0n) is 15.0. The Morgan fingerprint density at radius 2 is 2.20 bits per heavy atom. The number of ether oxygens (including phenoxy) is 1. The fourth-order valence-electron chi connectivity index (χ4n) is 3.32. The molecular weight excluding hydrogens is 316 g/mol. The van der Waals surface area contributed by atoms with Gasteiger partial charge in [-0.25, -0.2) is 9.97 Å². The molecule has 0 saturated carbocycles. The zero-order valence-corrected chi connectivity index (χ0v) is 15.0. The molecule has 1 N–H and O–H groups in total. The first kappa shape index (κ1) is 17.2. The van der Waals surface area contributed by atoms with Crippen LogP contribution >= 0.6 is 0 Å². The van der Waals surface area contributed by atoms with Crippen molar-refractivity contribution in [2.24, 2.45) is 0 Å². The van der Waals surface area contributed by atoms with E-state index in [0.717, 1.165) is 42.2 Å². The molecule has 1 saturated heterocycles. The van der Waals surface area contributed by atoms with E-state index >= 15 is 0 Å². The lowest BCUT2D eigenvalue weighted by Gasteiger charge is -2.25. The van der Waals surface area contributed by atoms with Crippen LogP contribution in [-0.4, -0.2) is 41.5 Å². The molecule has 25 heavy (non-hydrogen) atoms. The predicted molar refractivity (Wildman–Crippen MR) is 96.7 cm³/mol. The van der Waals surface area contributed by atoms with Crippen LogP contribution in [0.2, 0.25) is 0 Å². The van der Waals surface area contributed by atoms with Gasteiger partial charge in [-0.2, -0.15) is 0 Å². The second-order valence-electron chi connectivity index (χ2n) is 6.25. The summed E-state index contributed by atoms with van der Waals surface area (Å²) in [6.45, 7) is 2.65. The average molecular weight is 340 g/mol. The Hall–Kier alpha value is -2.63. The number of rotatable bonds is 5. The molecule has 6 nitrogen and oxygen atoms in total. The van der Waals surface area contributed by atoms with E-state index in [2.05, 4.69) is 15.3 Å². The van der Waals surface area contributed by atoms with Crippen LogP contribution in [0.4, 0.5) is 5.82 Å². The van der Waals surface area contributed by atoms with Gasteiger partial charge in [0, 0.05) is 19.7 Å². The minimum absolute atomic E-state index is 0.0203. The van der Waals surface area contributed by atoms with Crippen LogP contribution < -0.4 is 10.1 Å². The number of aromatic nitrogens is 2. The van der Waals surface area contributed by atoms with Crippen molar-refractivity contribution in [2.45, 2.75) is 32.2 Å². The van der Waals surface area contributed by atoms with Gasteiger partial charge >= 0.3 is 0 Å². The van der Waals surface area contributed by atoms with E-state index in [0.29, 0.717) is 12.2 Å². The third kappa shape index (κ3) is 3.90. The summed E-state index contributed by atoms with van der Waals surface area (Å²) in [6, 6.07) is 9.63. The largest absolute Gasteiger partial charge is 0.497 e. The zero-order chi connectivity index (χ0) is 17.8.